The summed E-state index contributed by atoms with van der Waals surface area (Å²) in [6.45, 7) is 3.52. The summed E-state index contributed by atoms with van der Waals surface area (Å²) in [5.41, 5.74) is 0. The molecule has 4 N–H and O–H groups in total. The van der Waals surface area contributed by atoms with E-state index in [1.165, 1.54) is 180 Å². The van der Waals surface area contributed by atoms with Crippen molar-refractivity contribution in [2.75, 3.05) is 13.2 Å². The molecule has 0 heterocycles. The summed E-state index contributed by atoms with van der Waals surface area (Å²) in [5.74, 6) is -2.26. The lowest BCUT2D eigenvalue weighted by Crippen LogP contribution is -2.47. The number of aliphatic carboxylic acids is 1. The van der Waals surface area contributed by atoms with E-state index < -0.39 is 24.5 Å². The average molecular weight is 837 g/mol. The van der Waals surface area contributed by atoms with Crippen molar-refractivity contribution in [3.63, 3.8) is 0 Å². The first-order valence-electron chi connectivity index (χ1n) is 25.4. The zero-order chi connectivity index (χ0) is 43.3. The number of hydrogen-bond donors (Lipinski definition) is 4. The van der Waals surface area contributed by atoms with Crippen molar-refractivity contribution in [2.45, 2.75) is 283 Å². The minimum Gasteiger partial charge on any atom is -0.480 e. The van der Waals surface area contributed by atoms with E-state index in [-0.39, 0.29) is 24.5 Å². The van der Waals surface area contributed by atoms with E-state index in [1.54, 1.807) is 0 Å². The van der Waals surface area contributed by atoms with Gasteiger partial charge in [0.15, 0.2) is 0 Å². The maximum atomic E-state index is 12.8. The van der Waals surface area contributed by atoms with E-state index in [0.29, 0.717) is 19.3 Å². The number of carboxylic acids is 1. The quantitative estimate of drug-likeness (QED) is 0.0353. The first-order valence-corrected chi connectivity index (χ1v) is 25.4. The zero-order valence-electron chi connectivity index (χ0n) is 38.8. The highest BCUT2D eigenvalue weighted by atomic mass is 16.5. The number of aliphatic hydroxyl groups excluding tert-OH is 1. The molecule has 0 fully saturated rings. The molecular weight excluding hydrogens is 741 g/mol. The minimum absolute atomic E-state index is 0.00469. The average Bonchev–Trinajstić information content (AvgIpc) is 3.22. The van der Waals surface area contributed by atoms with Crippen molar-refractivity contribution in [3.05, 3.63) is 0 Å². The fourth-order valence-electron chi connectivity index (χ4n) is 7.95. The third-order valence-corrected chi connectivity index (χ3v) is 11.9. The van der Waals surface area contributed by atoms with Crippen LogP contribution in [-0.4, -0.2) is 59.3 Å². The number of amides is 2. The summed E-state index contributed by atoms with van der Waals surface area (Å²) in [5, 5.41) is 22.6. The Labute approximate surface area is 363 Å². The molecule has 0 saturated heterocycles. The van der Waals surface area contributed by atoms with Crippen LogP contribution >= 0.6 is 0 Å². The van der Waals surface area contributed by atoms with Gasteiger partial charge in [0, 0.05) is 12.8 Å². The number of rotatable bonds is 47. The molecule has 0 rings (SSSR count). The molecular formula is C50H96N2O7. The molecule has 348 valence electrons. The molecule has 2 atom stereocenters. The third-order valence-electron chi connectivity index (χ3n) is 11.9. The second kappa shape index (κ2) is 45.4. The smallest absolute Gasteiger partial charge is 0.328 e. The van der Waals surface area contributed by atoms with Gasteiger partial charge in [-0.2, -0.15) is 0 Å². The van der Waals surface area contributed by atoms with Crippen molar-refractivity contribution < 1.29 is 34.1 Å². The molecule has 0 aromatic heterocycles. The van der Waals surface area contributed by atoms with Gasteiger partial charge in [-0.1, -0.05) is 219 Å². The lowest BCUT2D eigenvalue weighted by Gasteiger charge is -2.18. The predicted molar refractivity (Wildman–Crippen MR) is 246 cm³/mol. The van der Waals surface area contributed by atoms with Gasteiger partial charge >= 0.3 is 11.9 Å². The number of carboxylic acid groups (broad SMARTS) is 1. The molecule has 0 spiro atoms. The second-order valence-electron chi connectivity index (χ2n) is 17.6. The molecule has 9 nitrogen and oxygen atoms in total. The summed E-state index contributed by atoms with van der Waals surface area (Å²) in [7, 11) is 0. The molecule has 0 aliphatic rings. The predicted octanol–water partition coefficient (Wildman–Crippen LogP) is 13.2. The van der Waals surface area contributed by atoms with E-state index >= 15 is 0 Å². The van der Waals surface area contributed by atoms with E-state index in [9.17, 15) is 19.2 Å². The van der Waals surface area contributed by atoms with Crippen LogP contribution in [0.4, 0.5) is 0 Å². The van der Waals surface area contributed by atoms with Crippen LogP contribution in [0.1, 0.15) is 271 Å². The Hall–Kier alpha value is -2.16. The Morgan fingerprint density at radius 1 is 0.441 bits per heavy atom. The highest BCUT2D eigenvalue weighted by Crippen LogP contribution is 2.20. The van der Waals surface area contributed by atoms with Crippen LogP contribution in [0.3, 0.4) is 0 Å². The van der Waals surface area contributed by atoms with Gasteiger partial charge in [0.05, 0.1) is 13.2 Å². The highest BCUT2D eigenvalue weighted by molar-refractivity contribution is 5.87. The number of carbonyl (C=O) groups excluding carboxylic acids is 3. The van der Waals surface area contributed by atoms with E-state index in [1.807, 2.05) is 0 Å². The van der Waals surface area contributed by atoms with Gasteiger partial charge in [-0.15, -0.1) is 0 Å². The van der Waals surface area contributed by atoms with E-state index in [2.05, 4.69) is 24.5 Å². The number of ether oxygens (including phenoxy) is 1. The van der Waals surface area contributed by atoms with Gasteiger partial charge in [0.25, 0.3) is 0 Å². The Morgan fingerprint density at radius 3 is 1.10 bits per heavy atom. The molecule has 2 unspecified atom stereocenters. The number of hydrogen-bond acceptors (Lipinski definition) is 6. The van der Waals surface area contributed by atoms with Crippen LogP contribution in [-0.2, 0) is 23.9 Å². The number of esters is 1. The number of unbranched alkanes of at least 4 members (excludes halogenated alkanes) is 33. The van der Waals surface area contributed by atoms with Crippen molar-refractivity contribution >= 4 is 23.8 Å². The van der Waals surface area contributed by atoms with Crippen LogP contribution in [0.15, 0.2) is 0 Å². The number of carbonyl (C=O) groups is 4. The molecule has 0 bridgehead atoms. The van der Waals surface area contributed by atoms with Gasteiger partial charge in [-0.25, -0.2) is 4.79 Å². The Bertz CT molecular complexity index is 962. The monoisotopic (exact) mass is 837 g/mol. The Kier molecular flexibility index (Phi) is 43.7. The topological polar surface area (TPSA) is 142 Å². The standard InChI is InChI=1S/C50H96N2O7/c1-3-5-7-9-11-13-15-16-17-18-19-20-21-22-23-24-25-27-29-34-38-42-49(56)59-45(39-35-31-28-26-14-12-10-8-6-4-2)40-36-32-30-33-37-41-47(54)51-43-48(55)52-46(44-53)50(57)58/h45-46,53H,3-44H2,1-2H3,(H,51,54)(H,52,55)(H,57,58). The third kappa shape index (κ3) is 42.3. The largest absolute Gasteiger partial charge is 0.480 e. The second-order valence-corrected chi connectivity index (χ2v) is 17.6. The summed E-state index contributed by atoms with van der Waals surface area (Å²) in [6, 6.07) is -1.38. The van der Waals surface area contributed by atoms with Crippen LogP contribution in [0, 0.1) is 0 Å². The van der Waals surface area contributed by atoms with Crippen molar-refractivity contribution in [2.24, 2.45) is 0 Å². The lowest BCUT2D eigenvalue weighted by molar-refractivity contribution is -0.150. The van der Waals surface area contributed by atoms with Crippen molar-refractivity contribution in [1.82, 2.24) is 10.6 Å². The molecule has 0 aromatic carbocycles. The van der Waals surface area contributed by atoms with E-state index in [4.69, 9.17) is 14.9 Å². The fourth-order valence-corrected chi connectivity index (χ4v) is 7.95. The molecule has 0 saturated carbocycles. The highest BCUT2D eigenvalue weighted by Gasteiger charge is 2.19. The Balaban J connectivity index is 4.11. The van der Waals surface area contributed by atoms with Crippen LogP contribution < -0.4 is 10.6 Å². The normalized spacial score (nSPS) is 12.3. The number of aliphatic hydroxyl groups is 1. The first kappa shape index (κ1) is 56.8. The first-order chi connectivity index (χ1) is 28.8. The van der Waals surface area contributed by atoms with Gasteiger partial charge in [0.1, 0.15) is 12.1 Å². The summed E-state index contributed by atoms with van der Waals surface area (Å²) in [6.07, 6.45) is 48.6. The SMILES string of the molecule is CCCCCCCCCCCCCCCCCCCCCCCC(=O)OC(CCCCCCCCCCCC)CCCCCCCC(=O)NCC(=O)NC(CO)C(=O)O. The molecule has 0 aromatic rings. The van der Waals surface area contributed by atoms with Gasteiger partial charge in [-0.3, -0.25) is 14.4 Å². The molecule has 0 radical (unpaired) electrons. The Morgan fingerprint density at radius 2 is 0.763 bits per heavy atom. The van der Waals surface area contributed by atoms with Crippen LogP contribution in [0.5, 0.6) is 0 Å². The zero-order valence-corrected chi connectivity index (χ0v) is 38.8. The van der Waals surface area contributed by atoms with Crippen LogP contribution in [0.2, 0.25) is 0 Å². The maximum Gasteiger partial charge on any atom is 0.328 e. The fraction of sp³-hybridized carbons (Fsp3) is 0.920. The summed E-state index contributed by atoms with van der Waals surface area (Å²) < 4.78 is 6.06. The lowest BCUT2D eigenvalue weighted by atomic mass is 10.0. The van der Waals surface area contributed by atoms with Crippen molar-refractivity contribution in [3.8, 4) is 0 Å². The number of nitrogens with one attached hydrogen (secondary N) is 2. The maximum absolute atomic E-state index is 12.8. The molecule has 0 aliphatic heterocycles. The molecule has 0 aliphatic carbocycles. The van der Waals surface area contributed by atoms with Gasteiger partial charge in [0.2, 0.25) is 11.8 Å². The van der Waals surface area contributed by atoms with Crippen molar-refractivity contribution in [1.29, 1.82) is 0 Å². The van der Waals surface area contributed by atoms with Gasteiger partial charge in [-0.05, 0) is 38.5 Å². The van der Waals surface area contributed by atoms with Gasteiger partial charge < -0.3 is 25.6 Å². The van der Waals surface area contributed by atoms with Crippen LogP contribution in [0.25, 0.3) is 0 Å². The summed E-state index contributed by atoms with van der Waals surface area (Å²) >= 11 is 0. The molecule has 2 amide bonds. The molecule has 9 heteroatoms. The minimum atomic E-state index is -1.38. The van der Waals surface area contributed by atoms with E-state index in [0.717, 1.165) is 57.8 Å². The molecule has 59 heavy (non-hydrogen) atoms. The summed E-state index contributed by atoms with van der Waals surface area (Å²) in [4.78, 5) is 47.7.